The number of nitrogens with zero attached hydrogens (tertiary/aromatic N) is 2. The Morgan fingerprint density at radius 3 is 2.48 bits per heavy atom. The number of rotatable bonds is 4. The van der Waals surface area contributed by atoms with Gasteiger partial charge in [0, 0.05) is 31.5 Å². The second kappa shape index (κ2) is 9.51. The molecule has 1 aliphatic heterocycles. The summed E-state index contributed by atoms with van der Waals surface area (Å²) in [4.78, 5) is 0. The Morgan fingerprint density at radius 2 is 1.75 bits per heavy atom. The molecule has 0 aromatic heterocycles. The fraction of sp³-hybridized carbons (Fsp3) is 0.629. The third-order valence-electron chi connectivity index (χ3n) is 11.7. The first-order chi connectivity index (χ1) is 18.9. The molecule has 1 heterocycles. The van der Waals surface area contributed by atoms with Crippen LogP contribution in [0.15, 0.2) is 47.6 Å². The van der Waals surface area contributed by atoms with Crippen LogP contribution < -0.4 is 4.74 Å². The normalized spacial score (nSPS) is 37.0. The summed E-state index contributed by atoms with van der Waals surface area (Å²) in [5, 5.41) is 17.5. The van der Waals surface area contributed by atoms with Gasteiger partial charge in [-0.2, -0.15) is 5.10 Å². The number of hydrogen-bond acceptors (Lipinski definition) is 5. The van der Waals surface area contributed by atoms with E-state index < -0.39 is 5.60 Å². The molecule has 5 heteroatoms. The van der Waals surface area contributed by atoms with Crippen molar-refractivity contribution in [3.63, 3.8) is 0 Å². The molecule has 3 saturated carbocycles. The van der Waals surface area contributed by atoms with Gasteiger partial charge in [0.2, 0.25) is 0 Å². The molecule has 2 aromatic carbocycles. The van der Waals surface area contributed by atoms with Crippen molar-refractivity contribution in [1.82, 2.24) is 5.01 Å². The molecule has 3 aliphatic carbocycles. The molecule has 6 atom stereocenters. The molecule has 0 unspecified atom stereocenters. The van der Waals surface area contributed by atoms with Crippen LogP contribution in [0, 0.1) is 35.0 Å². The molecule has 0 amide bonds. The number of hydrogen-bond donors (Lipinski definition) is 1. The van der Waals surface area contributed by atoms with Crippen molar-refractivity contribution in [1.29, 1.82) is 0 Å². The number of phenolic OH excluding ortho intramolecular Hbond substituents is 1. The Bertz CT molecular complexity index is 1300. The zero-order valence-corrected chi connectivity index (χ0v) is 25.6. The lowest BCUT2D eigenvalue weighted by Crippen LogP contribution is -2.69. The van der Waals surface area contributed by atoms with E-state index in [-0.39, 0.29) is 22.3 Å². The molecule has 0 bridgehead atoms. The van der Waals surface area contributed by atoms with E-state index in [9.17, 15) is 5.11 Å². The van der Waals surface area contributed by atoms with Crippen LogP contribution in [-0.2, 0) is 17.8 Å². The zero-order chi connectivity index (χ0) is 28.5. The lowest BCUT2D eigenvalue weighted by molar-refractivity contribution is -0.213. The summed E-state index contributed by atoms with van der Waals surface area (Å²) in [5.41, 5.74) is 4.32. The molecule has 5 nitrogen and oxygen atoms in total. The highest BCUT2D eigenvalue weighted by molar-refractivity contribution is 5.96. The van der Waals surface area contributed by atoms with E-state index in [1.54, 1.807) is 0 Å². The lowest BCUT2D eigenvalue weighted by atomic mass is 9.38. The maximum atomic E-state index is 10.5. The van der Waals surface area contributed by atoms with Gasteiger partial charge in [0.15, 0.2) is 5.60 Å². The predicted molar refractivity (Wildman–Crippen MR) is 161 cm³/mol. The molecule has 216 valence electrons. The number of ether oxygens (including phenoxy) is 2. The van der Waals surface area contributed by atoms with Crippen molar-refractivity contribution >= 4 is 5.71 Å². The van der Waals surface area contributed by atoms with Crippen molar-refractivity contribution in [2.24, 2.45) is 33.2 Å². The van der Waals surface area contributed by atoms with Crippen LogP contribution >= 0.6 is 0 Å². The topological polar surface area (TPSA) is 54.3 Å². The van der Waals surface area contributed by atoms with Crippen LogP contribution in [0.5, 0.6) is 11.5 Å². The van der Waals surface area contributed by atoms with Gasteiger partial charge in [-0.15, -0.1) is 0 Å². The molecule has 3 fully saturated rings. The highest BCUT2D eigenvalue weighted by Crippen LogP contribution is 2.71. The molecular weight excluding hydrogens is 496 g/mol. The van der Waals surface area contributed by atoms with Gasteiger partial charge < -0.3 is 19.6 Å². The molecule has 40 heavy (non-hydrogen) atoms. The van der Waals surface area contributed by atoms with E-state index >= 15 is 0 Å². The van der Waals surface area contributed by atoms with Crippen LogP contribution in [0.1, 0.15) is 82.9 Å². The molecular formula is C35H48N2O3. The van der Waals surface area contributed by atoms with Crippen molar-refractivity contribution in [3.05, 3.63) is 59.2 Å². The lowest BCUT2D eigenvalue weighted by Gasteiger charge is -2.68. The van der Waals surface area contributed by atoms with Crippen LogP contribution in [-0.4, -0.2) is 41.6 Å². The largest absolute Gasteiger partial charge is 0.508 e. The summed E-state index contributed by atoms with van der Waals surface area (Å²) in [6, 6.07) is 14.4. The summed E-state index contributed by atoms with van der Waals surface area (Å²) in [6.07, 6.45) is 7.70. The minimum absolute atomic E-state index is 0.0553. The first-order valence-corrected chi connectivity index (χ1v) is 15.3. The summed E-state index contributed by atoms with van der Waals surface area (Å²) in [5.74, 6) is 2.40. The van der Waals surface area contributed by atoms with Gasteiger partial charge in [-0.3, -0.25) is 0 Å². The molecule has 2 aromatic rings. The van der Waals surface area contributed by atoms with E-state index in [1.807, 2.05) is 31.2 Å². The Balaban J connectivity index is 1.35. The molecule has 6 rings (SSSR count). The maximum absolute atomic E-state index is 10.5. The molecule has 1 spiro atoms. The second-order valence-corrected chi connectivity index (χ2v) is 14.5. The predicted octanol–water partition coefficient (Wildman–Crippen LogP) is 7.53. The first-order valence-electron chi connectivity index (χ1n) is 15.3. The highest BCUT2D eigenvalue weighted by atomic mass is 16.5. The van der Waals surface area contributed by atoms with E-state index in [1.165, 1.54) is 24.1 Å². The standard InChI is InChI=1S/C35H48N2O3/c1-23-19-26(38)20-25-21-35(40-31(23)25)29(36-37(6)7)14-13-28-33(4)17-16-30(39-22-24-11-9-8-10-12-24)32(2,3)27(33)15-18-34(28,35)5/h8-12,19-20,27-28,30,38H,13-18,21-22H2,1-7H3/b36-29+/t27-,28+,30-,33-,34+,35-/m0/s1. The minimum Gasteiger partial charge on any atom is -0.508 e. The summed E-state index contributed by atoms with van der Waals surface area (Å²) >= 11 is 0. The van der Waals surface area contributed by atoms with Gasteiger partial charge in [0.05, 0.1) is 18.4 Å². The van der Waals surface area contributed by atoms with Crippen molar-refractivity contribution in [3.8, 4) is 11.5 Å². The summed E-state index contributed by atoms with van der Waals surface area (Å²) < 4.78 is 13.9. The van der Waals surface area contributed by atoms with Crippen molar-refractivity contribution in [2.45, 2.75) is 97.9 Å². The smallest absolute Gasteiger partial charge is 0.158 e. The summed E-state index contributed by atoms with van der Waals surface area (Å²) in [7, 11) is 4.04. The maximum Gasteiger partial charge on any atom is 0.158 e. The van der Waals surface area contributed by atoms with Crippen molar-refractivity contribution in [2.75, 3.05) is 14.1 Å². The van der Waals surface area contributed by atoms with Gasteiger partial charge >= 0.3 is 0 Å². The van der Waals surface area contributed by atoms with Gasteiger partial charge in [-0.1, -0.05) is 58.0 Å². The monoisotopic (exact) mass is 544 g/mol. The number of fused-ring (bicyclic) bond motifs is 5. The Labute approximate surface area is 241 Å². The number of aryl methyl sites for hydroxylation is 1. The molecule has 0 saturated heterocycles. The quantitative estimate of drug-likeness (QED) is 0.404. The van der Waals surface area contributed by atoms with Crippen LogP contribution in [0.4, 0.5) is 0 Å². The SMILES string of the molecule is Cc1cc(O)cc2c1O[C@@]1(C2)/C(=N/N(C)C)CC[C@@H]2[C@@]3(C)CC[C@H](OCc4ccccc4)C(C)(C)[C@@H]3CC[C@]21C. The zero-order valence-electron chi connectivity index (χ0n) is 25.6. The molecule has 4 aliphatic rings. The van der Waals surface area contributed by atoms with Crippen molar-refractivity contribution < 1.29 is 14.6 Å². The average Bonchev–Trinajstić information content (AvgIpc) is 3.28. The van der Waals surface area contributed by atoms with E-state index in [0.29, 0.717) is 24.2 Å². The van der Waals surface area contributed by atoms with E-state index in [4.69, 9.17) is 14.6 Å². The highest BCUT2D eigenvalue weighted by Gasteiger charge is 2.70. The van der Waals surface area contributed by atoms with Gasteiger partial charge in [-0.25, -0.2) is 0 Å². The minimum atomic E-state index is -0.486. The van der Waals surface area contributed by atoms with Crippen LogP contribution in [0.2, 0.25) is 0 Å². The van der Waals surface area contributed by atoms with E-state index in [0.717, 1.165) is 49.0 Å². The third-order valence-corrected chi connectivity index (χ3v) is 11.7. The number of phenols is 1. The Hall–Kier alpha value is -2.53. The van der Waals surface area contributed by atoms with E-state index in [2.05, 4.69) is 65.0 Å². The molecule has 1 N–H and O–H groups in total. The van der Waals surface area contributed by atoms with Crippen LogP contribution in [0.25, 0.3) is 0 Å². The second-order valence-electron chi connectivity index (χ2n) is 14.5. The number of aromatic hydroxyl groups is 1. The Kier molecular flexibility index (Phi) is 6.57. The first kappa shape index (κ1) is 27.6. The molecule has 0 radical (unpaired) electrons. The number of hydrazone groups is 1. The van der Waals surface area contributed by atoms with Gasteiger partial charge in [0.25, 0.3) is 0 Å². The Morgan fingerprint density at radius 1 is 1.00 bits per heavy atom. The number of benzene rings is 2. The van der Waals surface area contributed by atoms with Gasteiger partial charge in [-0.05, 0) is 91.4 Å². The third kappa shape index (κ3) is 4.01. The summed E-state index contributed by atoms with van der Waals surface area (Å²) in [6.45, 7) is 12.8. The fourth-order valence-corrected chi connectivity index (χ4v) is 9.97. The van der Waals surface area contributed by atoms with Gasteiger partial charge in [0.1, 0.15) is 11.5 Å². The average molecular weight is 545 g/mol. The van der Waals surface area contributed by atoms with Crippen LogP contribution in [0.3, 0.4) is 0 Å². The fourth-order valence-electron chi connectivity index (χ4n) is 9.97.